The van der Waals surface area contributed by atoms with Crippen LogP contribution in [0.1, 0.15) is 46.0 Å². The Hall–Kier alpha value is -1.12. The molecule has 0 aromatic heterocycles. The standard InChI is InChI=1S/C20H33N3O4S.ClH/c1-14(2)18-19-16(23(20(18)25)28(4,26)27)10-13-22(19)17(24)7-5-6-15-8-11-21(3)12-9-15;/h10,14-15,18-19H,5-9,11-13H2,1-4H3;1H/t18-,19+;/m1./s1. The highest BCUT2D eigenvalue weighted by atomic mass is 35.5. The van der Waals surface area contributed by atoms with Crippen LogP contribution >= 0.6 is 12.4 Å². The van der Waals surface area contributed by atoms with Crippen LogP contribution in [-0.2, 0) is 19.6 Å². The van der Waals surface area contributed by atoms with E-state index in [1.807, 2.05) is 13.8 Å². The lowest BCUT2D eigenvalue weighted by atomic mass is 9.89. The first-order chi connectivity index (χ1) is 13.1. The molecule has 3 heterocycles. The van der Waals surface area contributed by atoms with E-state index in [2.05, 4.69) is 11.9 Å². The van der Waals surface area contributed by atoms with E-state index in [1.165, 1.54) is 12.8 Å². The maximum absolute atomic E-state index is 12.9. The van der Waals surface area contributed by atoms with Gasteiger partial charge in [0.15, 0.2) is 0 Å². The van der Waals surface area contributed by atoms with Gasteiger partial charge in [0.05, 0.1) is 23.9 Å². The van der Waals surface area contributed by atoms with Gasteiger partial charge in [0.1, 0.15) is 0 Å². The van der Waals surface area contributed by atoms with Crippen LogP contribution in [0, 0.1) is 17.8 Å². The van der Waals surface area contributed by atoms with E-state index in [0.29, 0.717) is 24.6 Å². The number of rotatable bonds is 6. The van der Waals surface area contributed by atoms with Crippen molar-refractivity contribution in [3.63, 3.8) is 0 Å². The monoisotopic (exact) mass is 447 g/mol. The van der Waals surface area contributed by atoms with E-state index >= 15 is 0 Å². The van der Waals surface area contributed by atoms with Crippen LogP contribution < -0.4 is 0 Å². The molecule has 3 aliphatic heterocycles. The lowest BCUT2D eigenvalue weighted by Gasteiger charge is -2.30. The molecule has 0 bridgehead atoms. The first kappa shape index (κ1) is 24.2. The number of piperidine rings is 1. The summed E-state index contributed by atoms with van der Waals surface area (Å²) in [6.45, 7) is 6.45. The van der Waals surface area contributed by atoms with Crippen LogP contribution in [0.2, 0.25) is 0 Å². The van der Waals surface area contributed by atoms with Crippen molar-refractivity contribution in [1.82, 2.24) is 14.1 Å². The van der Waals surface area contributed by atoms with Crippen LogP contribution in [0.5, 0.6) is 0 Å². The van der Waals surface area contributed by atoms with Gasteiger partial charge in [-0.25, -0.2) is 12.7 Å². The molecule has 0 aliphatic carbocycles. The third-order valence-corrected chi connectivity index (χ3v) is 7.46. The zero-order valence-electron chi connectivity index (χ0n) is 17.8. The van der Waals surface area contributed by atoms with Crippen molar-refractivity contribution >= 4 is 34.2 Å². The second kappa shape index (κ2) is 9.35. The number of sulfonamides is 1. The third kappa shape index (κ3) is 4.97. The van der Waals surface area contributed by atoms with E-state index in [9.17, 15) is 18.0 Å². The highest BCUT2D eigenvalue weighted by molar-refractivity contribution is 7.89. The van der Waals surface area contributed by atoms with Crippen molar-refractivity contribution in [1.29, 1.82) is 0 Å². The lowest BCUT2D eigenvalue weighted by molar-refractivity contribution is -0.134. The van der Waals surface area contributed by atoms with Crippen LogP contribution in [0.25, 0.3) is 0 Å². The van der Waals surface area contributed by atoms with E-state index < -0.39 is 27.9 Å². The van der Waals surface area contributed by atoms with Crippen molar-refractivity contribution in [3.05, 3.63) is 11.8 Å². The van der Waals surface area contributed by atoms with Crippen molar-refractivity contribution in [2.75, 3.05) is 32.9 Å². The number of carbonyl (C=O) groups is 2. The molecule has 2 saturated heterocycles. The Balaban J connectivity index is 0.00000300. The molecule has 0 spiro atoms. The Morgan fingerprint density at radius 1 is 1.24 bits per heavy atom. The number of fused-ring (bicyclic) bond motifs is 1. The normalized spacial score (nSPS) is 26.0. The van der Waals surface area contributed by atoms with Gasteiger partial charge in [0.25, 0.3) is 0 Å². The van der Waals surface area contributed by atoms with Gasteiger partial charge in [-0.2, -0.15) is 0 Å². The SMILES string of the molecule is CC(C)[C@H]1C(=O)N(S(C)(=O)=O)C2=CCN(C(=O)CCCC3CCN(C)CC3)[C@@H]21.Cl. The minimum Gasteiger partial charge on any atom is -0.330 e. The summed E-state index contributed by atoms with van der Waals surface area (Å²) >= 11 is 0. The molecule has 2 atom stereocenters. The molecular formula is C20H34ClN3O4S. The summed E-state index contributed by atoms with van der Waals surface area (Å²) in [5.74, 6) is -0.231. The van der Waals surface area contributed by atoms with E-state index in [4.69, 9.17) is 0 Å². The Labute approximate surface area is 180 Å². The molecule has 166 valence electrons. The Morgan fingerprint density at radius 2 is 1.86 bits per heavy atom. The minimum absolute atomic E-state index is 0. The van der Waals surface area contributed by atoms with Gasteiger partial charge in [-0.05, 0) is 63.7 Å². The van der Waals surface area contributed by atoms with Gasteiger partial charge in [-0.1, -0.05) is 13.8 Å². The second-order valence-electron chi connectivity index (χ2n) is 8.89. The van der Waals surface area contributed by atoms with Gasteiger partial charge in [0.2, 0.25) is 21.8 Å². The number of hydrogen-bond donors (Lipinski definition) is 0. The fourth-order valence-electron chi connectivity index (χ4n) is 4.86. The van der Waals surface area contributed by atoms with Crippen molar-refractivity contribution < 1.29 is 18.0 Å². The highest BCUT2D eigenvalue weighted by Crippen LogP contribution is 2.41. The summed E-state index contributed by atoms with van der Waals surface area (Å²) in [5, 5.41) is 0. The molecule has 0 aromatic carbocycles. The van der Waals surface area contributed by atoms with Gasteiger partial charge in [-0.3, -0.25) is 9.59 Å². The smallest absolute Gasteiger partial charge is 0.246 e. The Kier molecular flexibility index (Phi) is 7.79. The van der Waals surface area contributed by atoms with Gasteiger partial charge >= 0.3 is 0 Å². The van der Waals surface area contributed by atoms with Crippen molar-refractivity contribution in [2.24, 2.45) is 17.8 Å². The molecule has 2 amide bonds. The molecule has 3 aliphatic rings. The molecule has 9 heteroatoms. The van der Waals surface area contributed by atoms with Crippen LogP contribution in [0.15, 0.2) is 11.8 Å². The quantitative estimate of drug-likeness (QED) is 0.623. The molecular weight excluding hydrogens is 414 g/mol. The molecule has 7 nitrogen and oxygen atoms in total. The zero-order valence-corrected chi connectivity index (χ0v) is 19.5. The van der Waals surface area contributed by atoms with Crippen molar-refractivity contribution in [2.45, 2.75) is 52.0 Å². The van der Waals surface area contributed by atoms with Crippen LogP contribution in [0.3, 0.4) is 0 Å². The first-order valence-corrected chi connectivity index (χ1v) is 12.2. The van der Waals surface area contributed by atoms with Gasteiger partial charge in [0, 0.05) is 13.0 Å². The number of likely N-dealkylation sites (tertiary alicyclic amines) is 1. The summed E-state index contributed by atoms with van der Waals surface area (Å²) in [6, 6.07) is -0.446. The van der Waals surface area contributed by atoms with Crippen LogP contribution in [-0.4, -0.2) is 73.3 Å². The molecule has 3 rings (SSSR count). The highest BCUT2D eigenvalue weighted by Gasteiger charge is 2.54. The third-order valence-electron chi connectivity index (χ3n) is 6.41. The summed E-state index contributed by atoms with van der Waals surface area (Å²) in [4.78, 5) is 29.8. The predicted octanol–water partition coefficient (Wildman–Crippen LogP) is 2.09. The van der Waals surface area contributed by atoms with Gasteiger partial charge in [-0.15, -0.1) is 12.4 Å². The number of amides is 2. The Bertz CT molecular complexity index is 760. The molecule has 0 radical (unpaired) electrons. The summed E-state index contributed by atoms with van der Waals surface area (Å²) in [7, 11) is -1.54. The maximum Gasteiger partial charge on any atom is 0.246 e. The number of halogens is 1. The molecule has 0 saturated carbocycles. The summed E-state index contributed by atoms with van der Waals surface area (Å²) < 4.78 is 25.2. The number of hydrogen-bond acceptors (Lipinski definition) is 5. The summed E-state index contributed by atoms with van der Waals surface area (Å²) in [6.07, 6.45) is 7.54. The lowest BCUT2D eigenvalue weighted by Crippen LogP contribution is -2.42. The second-order valence-corrected chi connectivity index (χ2v) is 10.7. The minimum atomic E-state index is -3.68. The van der Waals surface area contributed by atoms with E-state index in [0.717, 1.165) is 36.5 Å². The fraction of sp³-hybridized carbons (Fsp3) is 0.800. The predicted molar refractivity (Wildman–Crippen MR) is 115 cm³/mol. The molecule has 2 fully saturated rings. The molecule has 0 unspecified atom stereocenters. The van der Waals surface area contributed by atoms with Crippen LogP contribution in [0.4, 0.5) is 0 Å². The molecule has 0 aromatic rings. The van der Waals surface area contributed by atoms with E-state index in [-0.39, 0.29) is 24.2 Å². The maximum atomic E-state index is 12.9. The molecule has 29 heavy (non-hydrogen) atoms. The average molecular weight is 448 g/mol. The topological polar surface area (TPSA) is 78.0 Å². The number of carbonyl (C=O) groups excluding carboxylic acids is 2. The fourth-order valence-corrected chi connectivity index (χ4v) is 5.88. The largest absolute Gasteiger partial charge is 0.330 e. The zero-order chi connectivity index (χ0) is 20.6. The van der Waals surface area contributed by atoms with Crippen molar-refractivity contribution in [3.8, 4) is 0 Å². The summed E-state index contributed by atoms with van der Waals surface area (Å²) in [5.41, 5.74) is 0.467. The van der Waals surface area contributed by atoms with E-state index in [1.54, 1.807) is 11.0 Å². The number of nitrogens with zero attached hydrogens (tertiary/aromatic N) is 3. The average Bonchev–Trinajstić information content (AvgIpc) is 3.11. The first-order valence-electron chi connectivity index (χ1n) is 10.3. The Morgan fingerprint density at radius 3 is 2.41 bits per heavy atom. The molecule has 0 N–H and O–H groups in total. The van der Waals surface area contributed by atoms with Gasteiger partial charge < -0.3 is 9.80 Å².